The van der Waals surface area contributed by atoms with Crippen molar-refractivity contribution in [2.75, 3.05) is 20.1 Å². The zero-order chi connectivity index (χ0) is 15.1. The molecule has 0 aliphatic carbocycles. The van der Waals surface area contributed by atoms with Crippen LogP contribution in [0.3, 0.4) is 0 Å². The van der Waals surface area contributed by atoms with Crippen LogP contribution in [-0.4, -0.2) is 40.9 Å². The third-order valence-electron chi connectivity index (χ3n) is 4.82. The van der Waals surface area contributed by atoms with Crippen molar-refractivity contribution in [1.82, 2.24) is 20.0 Å². The molecule has 21 heavy (non-hydrogen) atoms. The fraction of sp³-hybridized carbons (Fsp3) is 0.824. The molecule has 4 nitrogen and oxygen atoms in total. The van der Waals surface area contributed by atoms with Crippen LogP contribution in [0.5, 0.6) is 0 Å². The minimum Gasteiger partial charge on any atom is -0.320 e. The minimum atomic E-state index is 0.556. The van der Waals surface area contributed by atoms with E-state index in [1.54, 1.807) is 0 Å². The molecule has 0 aromatic carbocycles. The highest BCUT2D eigenvalue weighted by atomic mass is 15.3. The van der Waals surface area contributed by atoms with Crippen LogP contribution in [0.2, 0.25) is 0 Å². The fourth-order valence-electron chi connectivity index (χ4n) is 3.44. The Morgan fingerprint density at radius 3 is 2.86 bits per heavy atom. The Labute approximate surface area is 129 Å². The molecule has 4 heteroatoms. The van der Waals surface area contributed by atoms with Gasteiger partial charge in [0, 0.05) is 18.8 Å². The molecule has 1 fully saturated rings. The molecule has 1 saturated heterocycles. The first-order chi connectivity index (χ1) is 10.3. The van der Waals surface area contributed by atoms with Crippen molar-refractivity contribution in [2.45, 2.75) is 71.0 Å². The maximum Gasteiger partial charge on any atom is 0.0765 e. The second-order valence-electron chi connectivity index (χ2n) is 6.27. The van der Waals surface area contributed by atoms with Crippen molar-refractivity contribution in [1.29, 1.82) is 0 Å². The van der Waals surface area contributed by atoms with E-state index in [1.807, 2.05) is 7.05 Å². The van der Waals surface area contributed by atoms with E-state index in [0.717, 1.165) is 32.0 Å². The monoisotopic (exact) mass is 292 g/mol. The summed E-state index contributed by atoms with van der Waals surface area (Å²) >= 11 is 0. The smallest absolute Gasteiger partial charge is 0.0765 e. The highest BCUT2D eigenvalue weighted by Crippen LogP contribution is 2.22. The van der Waals surface area contributed by atoms with E-state index in [2.05, 4.69) is 41.0 Å². The lowest BCUT2D eigenvalue weighted by Crippen LogP contribution is -2.40. The third-order valence-corrected chi connectivity index (χ3v) is 4.82. The van der Waals surface area contributed by atoms with E-state index >= 15 is 0 Å². The average Bonchev–Trinajstić information content (AvgIpc) is 2.96. The molecule has 0 saturated carbocycles. The van der Waals surface area contributed by atoms with Crippen molar-refractivity contribution < 1.29 is 0 Å². The van der Waals surface area contributed by atoms with E-state index in [1.165, 1.54) is 37.9 Å². The van der Waals surface area contributed by atoms with Crippen molar-refractivity contribution in [2.24, 2.45) is 0 Å². The molecule has 0 bridgehead atoms. The summed E-state index contributed by atoms with van der Waals surface area (Å²) in [6.45, 7) is 7.85. The summed E-state index contributed by atoms with van der Waals surface area (Å²) < 4.78 is 2.17. The maximum absolute atomic E-state index is 4.82. The van der Waals surface area contributed by atoms with Gasteiger partial charge in [0.25, 0.3) is 0 Å². The molecule has 2 heterocycles. The van der Waals surface area contributed by atoms with Crippen LogP contribution in [0.4, 0.5) is 0 Å². The number of piperidine rings is 1. The fourth-order valence-corrected chi connectivity index (χ4v) is 3.44. The molecule has 0 radical (unpaired) electrons. The van der Waals surface area contributed by atoms with Gasteiger partial charge >= 0.3 is 0 Å². The first-order valence-corrected chi connectivity index (χ1v) is 8.71. The first kappa shape index (κ1) is 16.5. The molecule has 1 aliphatic rings. The van der Waals surface area contributed by atoms with Gasteiger partial charge in [0.05, 0.1) is 11.7 Å². The molecule has 1 aromatic rings. The van der Waals surface area contributed by atoms with Gasteiger partial charge in [-0.1, -0.05) is 20.3 Å². The molecule has 0 spiro atoms. The summed E-state index contributed by atoms with van der Waals surface area (Å²) in [5, 5.41) is 8.11. The zero-order valence-corrected chi connectivity index (χ0v) is 14.0. The van der Waals surface area contributed by atoms with Crippen LogP contribution >= 0.6 is 0 Å². The Bertz CT molecular complexity index is 397. The minimum absolute atomic E-state index is 0.556. The number of nitrogens with zero attached hydrogens (tertiary/aromatic N) is 3. The Balaban J connectivity index is 1.95. The molecule has 1 unspecified atom stereocenters. The number of likely N-dealkylation sites (tertiary alicyclic amines) is 1. The van der Waals surface area contributed by atoms with Gasteiger partial charge in [-0.15, -0.1) is 0 Å². The maximum atomic E-state index is 4.82. The molecule has 1 aromatic heterocycles. The molecule has 1 aliphatic heterocycles. The van der Waals surface area contributed by atoms with E-state index in [4.69, 9.17) is 5.10 Å². The number of aromatic nitrogens is 2. The summed E-state index contributed by atoms with van der Waals surface area (Å²) in [7, 11) is 2.05. The van der Waals surface area contributed by atoms with E-state index in [0.29, 0.717) is 6.04 Å². The predicted molar refractivity (Wildman–Crippen MR) is 88.4 cm³/mol. The van der Waals surface area contributed by atoms with Gasteiger partial charge in [0.2, 0.25) is 0 Å². The third kappa shape index (κ3) is 4.55. The van der Waals surface area contributed by atoms with E-state index in [9.17, 15) is 0 Å². The van der Waals surface area contributed by atoms with E-state index < -0.39 is 0 Å². The van der Waals surface area contributed by atoms with Crippen LogP contribution in [-0.2, 0) is 6.54 Å². The quantitative estimate of drug-likeness (QED) is 0.798. The standard InChI is InChI=1S/C17H32N4/c1-4-16(5-2)21-13-10-15(19-21)14-20-12-7-6-8-17(20)9-11-18-3/h10,13,16-18H,4-9,11-12,14H2,1-3H3. The highest BCUT2D eigenvalue weighted by molar-refractivity contribution is 5.00. The van der Waals surface area contributed by atoms with Crippen molar-refractivity contribution >= 4 is 0 Å². The second kappa shape index (κ2) is 8.54. The van der Waals surface area contributed by atoms with Crippen LogP contribution in [0, 0.1) is 0 Å². The Morgan fingerprint density at radius 1 is 1.33 bits per heavy atom. The molecular formula is C17H32N4. The summed E-state index contributed by atoms with van der Waals surface area (Å²) in [4.78, 5) is 2.64. The van der Waals surface area contributed by atoms with Gasteiger partial charge in [-0.05, 0) is 58.3 Å². The van der Waals surface area contributed by atoms with Crippen LogP contribution in [0.15, 0.2) is 12.3 Å². The van der Waals surface area contributed by atoms with Crippen molar-refractivity contribution in [3.8, 4) is 0 Å². The number of rotatable bonds is 8. The molecule has 1 atom stereocenters. The van der Waals surface area contributed by atoms with Crippen LogP contribution in [0.25, 0.3) is 0 Å². The van der Waals surface area contributed by atoms with E-state index in [-0.39, 0.29) is 0 Å². The van der Waals surface area contributed by atoms with Gasteiger partial charge < -0.3 is 5.32 Å². The Hall–Kier alpha value is -0.870. The first-order valence-electron chi connectivity index (χ1n) is 8.71. The lowest BCUT2D eigenvalue weighted by atomic mass is 9.99. The van der Waals surface area contributed by atoms with Gasteiger partial charge in [0.1, 0.15) is 0 Å². The average molecular weight is 292 g/mol. The second-order valence-corrected chi connectivity index (χ2v) is 6.27. The van der Waals surface area contributed by atoms with Gasteiger partial charge in [0.15, 0.2) is 0 Å². The highest BCUT2D eigenvalue weighted by Gasteiger charge is 2.22. The number of hydrogen-bond acceptors (Lipinski definition) is 3. The lowest BCUT2D eigenvalue weighted by molar-refractivity contribution is 0.130. The zero-order valence-electron chi connectivity index (χ0n) is 14.0. The van der Waals surface area contributed by atoms with Crippen LogP contribution in [0.1, 0.15) is 64.1 Å². The Kier molecular flexibility index (Phi) is 6.71. The van der Waals surface area contributed by atoms with Crippen LogP contribution < -0.4 is 5.32 Å². The largest absolute Gasteiger partial charge is 0.320 e. The molecular weight excluding hydrogens is 260 g/mol. The van der Waals surface area contributed by atoms with Gasteiger partial charge in [-0.2, -0.15) is 5.10 Å². The summed E-state index contributed by atoms with van der Waals surface area (Å²) in [6.07, 6.45) is 9.80. The van der Waals surface area contributed by atoms with Gasteiger partial charge in [-0.3, -0.25) is 9.58 Å². The summed E-state index contributed by atoms with van der Waals surface area (Å²) in [6, 6.07) is 3.49. The van der Waals surface area contributed by atoms with Gasteiger partial charge in [-0.25, -0.2) is 0 Å². The number of hydrogen-bond donors (Lipinski definition) is 1. The molecule has 0 amide bonds. The Morgan fingerprint density at radius 2 is 2.14 bits per heavy atom. The predicted octanol–water partition coefficient (Wildman–Crippen LogP) is 3.21. The SMILES string of the molecule is CCC(CC)n1ccc(CN2CCCCC2CCNC)n1. The molecule has 1 N–H and O–H groups in total. The van der Waals surface area contributed by atoms with Crippen molar-refractivity contribution in [3.05, 3.63) is 18.0 Å². The summed E-state index contributed by atoms with van der Waals surface area (Å²) in [5.41, 5.74) is 1.23. The lowest BCUT2D eigenvalue weighted by Gasteiger charge is -2.35. The summed E-state index contributed by atoms with van der Waals surface area (Å²) in [5.74, 6) is 0. The normalized spacial score (nSPS) is 20.3. The number of nitrogens with one attached hydrogen (secondary N) is 1. The molecule has 2 rings (SSSR count). The van der Waals surface area contributed by atoms with Crippen molar-refractivity contribution in [3.63, 3.8) is 0 Å². The molecule has 120 valence electrons. The topological polar surface area (TPSA) is 33.1 Å².